The number of nitrogens with one attached hydrogen (secondary N) is 1. The molecule has 0 heterocycles. The topological polar surface area (TPSA) is 130 Å². The van der Waals surface area contributed by atoms with Gasteiger partial charge in [-0.3, -0.25) is 24.0 Å². The number of carbonyl (C=O) groups excluding carboxylic acids is 2. The van der Waals surface area contributed by atoms with E-state index in [0.29, 0.717) is 5.56 Å². The van der Waals surface area contributed by atoms with Crippen LogP contribution < -0.4 is 9.62 Å². The highest BCUT2D eigenvalue weighted by atomic mass is 79.9. The molecule has 0 aromatic heterocycles. The zero-order valence-corrected chi connectivity index (χ0v) is 25.0. The Labute approximate surface area is 242 Å². The van der Waals surface area contributed by atoms with Gasteiger partial charge < -0.3 is 10.2 Å². The Morgan fingerprint density at radius 3 is 2.25 bits per heavy atom. The highest BCUT2D eigenvalue weighted by Crippen LogP contribution is 2.27. The number of nitro benzene ring substituents is 1. The van der Waals surface area contributed by atoms with Crippen LogP contribution in [0.1, 0.15) is 33.3 Å². The molecular weight excluding hydrogens is 600 g/mol. The molecule has 2 amide bonds. The SMILES string of the molecule is C[C@@H](C(=O)NC(C)(C)C)N(Cc1cccc(Br)c1)C(=O)CN(c1cccc([N+](=O)[O-])c1)S(=O)(=O)c1ccccc1. The maximum Gasteiger partial charge on any atom is 0.271 e. The van der Waals surface area contributed by atoms with E-state index in [1.165, 1.54) is 35.2 Å². The van der Waals surface area contributed by atoms with Crippen molar-refractivity contribution < 1.29 is 22.9 Å². The first-order valence-electron chi connectivity index (χ1n) is 12.4. The van der Waals surface area contributed by atoms with Crippen molar-refractivity contribution in [3.8, 4) is 0 Å². The summed E-state index contributed by atoms with van der Waals surface area (Å²) in [5.41, 5.74) is -0.240. The van der Waals surface area contributed by atoms with Crippen LogP contribution in [0.2, 0.25) is 0 Å². The second kappa shape index (κ2) is 12.6. The maximum atomic E-state index is 13.9. The van der Waals surface area contributed by atoms with Gasteiger partial charge in [-0.2, -0.15) is 0 Å². The molecule has 3 aromatic rings. The van der Waals surface area contributed by atoms with Crippen LogP contribution in [0.3, 0.4) is 0 Å². The Balaban J connectivity index is 2.07. The molecule has 0 saturated heterocycles. The highest BCUT2D eigenvalue weighted by Gasteiger charge is 2.33. The van der Waals surface area contributed by atoms with Crippen LogP contribution in [0.15, 0.2) is 88.2 Å². The van der Waals surface area contributed by atoms with Gasteiger partial charge in [0.25, 0.3) is 15.7 Å². The summed E-state index contributed by atoms with van der Waals surface area (Å²) < 4.78 is 29.1. The lowest BCUT2D eigenvalue weighted by molar-refractivity contribution is -0.384. The van der Waals surface area contributed by atoms with Crippen molar-refractivity contribution in [3.05, 3.63) is 99.0 Å². The van der Waals surface area contributed by atoms with E-state index in [1.807, 2.05) is 26.8 Å². The lowest BCUT2D eigenvalue weighted by Gasteiger charge is -2.33. The molecule has 0 aliphatic carbocycles. The summed E-state index contributed by atoms with van der Waals surface area (Å²) in [6.07, 6.45) is 0. The third kappa shape index (κ3) is 7.89. The molecule has 40 heavy (non-hydrogen) atoms. The normalized spacial score (nSPS) is 12.3. The fraction of sp³-hybridized carbons (Fsp3) is 0.286. The van der Waals surface area contributed by atoms with E-state index in [-0.39, 0.29) is 22.8 Å². The van der Waals surface area contributed by atoms with Gasteiger partial charge in [0.1, 0.15) is 12.6 Å². The van der Waals surface area contributed by atoms with E-state index in [0.717, 1.165) is 14.8 Å². The molecule has 0 unspecified atom stereocenters. The zero-order valence-electron chi connectivity index (χ0n) is 22.6. The number of anilines is 1. The second-order valence-electron chi connectivity index (χ2n) is 10.2. The van der Waals surface area contributed by atoms with Crippen molar-refractivity contribution in [1.82, 2.24) is 10.2 Å². The number of hydrogen-bond donors (Lipinski definition) is 1. The number of benzene rings is 3. The van der Waals surface area contributed by atoms with Crippen LogP contribution in [0.4, 0.5) is 11.4 Å². The van der Waals surface area contributed by atoms with Gasteiger partial charge in [0.2, 0.25) is 11.8 Å². The lowest BCUT2D eigenvalue weighted by Crippen LogP contribution is -2.54. The Morgan fingerprint density at radius 1 is 1.00 bits per heavy atom. The van der Waals surface area contributed by atoms with E-state index in [2.05, 4.69) is 21.2 Å². The standard InChI is InChI=1S/C28H31BrN4O6S/c1-20(27(35)30-28(2,3)4)31(18-21-10-8-11-22(29)16-21)26(34)19-32(23-12-9-13-24(17-23)33(36)37)40(38,39)25-14-6-5-7-15-25/h5-17,20H,18-19H2,1-4H3,(H,30,35)/t20-/m0/s1. The number of amides is 2. The highest BCUT2D eigenvalue weighted by molar-refractivity contribution is 9.10. The van der Waals surface area contributed by atoms with Gasteiger partial charge in [-0.15, -0.1) is 0 Å². The summed E-state index contributed by atoms with van der Waals surface area (Å²) in [5.74, 6) is -1.08. The minimum atomic E-state index is -4.32. The first-order valence-corrected chi connectivity index (χ1v) is 14.6. The van der Waals surface area contributed by atoms with Crippen molar-refractivity contribution in [2.24, 2.45) is 0 Å². The van der Waals surface area contributed by atoms with E-state index in [9.17, 15) is 28.1 Å². The van der Waals surface area contributed by atoms with Crippen molar-refractivity contribution in [3.63, 3.8) is 0 Å². The molecule has 0 aliphatic rings. The van der Waals surface area contributed by atoms with Gasteiger partial charge >= 0.3 is 0 Å². The number of non-ortho nitro benzene ring substituents is 1. The molecule has 0 fully saturated rings. The number of nitrogens with zero attached hydrogens (tertiary/aromatic N) is 3. The Kier molecular flexibility index (Phi) is 9.69. The first kappa shape index (κ1) is 30.8. The molecular formula is C28H31BrN4O6S. The van der Waals surface area contributed by atoms with Crippen LogP contribution >= 0.6 is 15.9 Å². The number of carbonyl (C=O) groups is 2. The maximum absolute atomic E-state index is 13.9. The number of halogens is 1. The summed E-state index contributed by atoms with van der Waals surface area (Å²) in [7, 11) is -4.32. The van der Waals surface area contributed by atoms with Crippen LogP contribution in [-0.2, 0) is 26.2 Å². The quantitative estimate of drug-likeness (QED) is 0.251. The Morgan fingerprint density at radius 2 is 1.65 bits per heavy atom. The van der Waals surface area contributed by atoms with Crippen molar-refractivity contribution in [2.45, 2.75) is 50.7 Å². The molecule has 212 valence electrons. The summed E-state index contributed by atoms with van der Waals surface area (Å²) >= 11 is 3.41. The number of hydrogen-bond acceptors (Lipinski definition) is 6. The third-order valence-electron chi connectivity index (χ3n) is 5.85. The molecule has 0 saturated carbocycles. The average molecular weight is 632 g/mol. The van der Waals surface area contributed by atoms with Gasteiger partial charge in [-0.25, -0.2) is 8.42 Å². The van der Waals surface area contributed by atoms with E-state index < -0.39 is 44.9 Å². The third-order valence-corrected chi connectivity index (χ3v) is 8.13. The van der Waals surface area contributed by atoms with Crippen molar-refractivity contribution in [2.75, 3.05) is 10.8 Å². The monoisotopic (exact) mass is 630 g/mol. The number of sulfonamides is 1. The summed E-state index contributed by atoms with van der Waals surface area (Å²) in [5, 5.41) is 14.3. The molecule has 10 nitrogen and oxygen atoms in total. The van der Waals surface area contributed by atoms with E-state index in [4.69, 9.17) is 0 Å². The summed E-state index contributed by atoms with van der Waals surface area (Å²) in [6, 6.07) is 18.8. The minimum absolute atomic E-state index is 0.0190. The van der Waals surface area contributed by atoms with Crippen LogP contribution in [0.5, 0.6) is 0 Å². The van der Waals surface area contributed by atoms with Crippen LogP contribution in [-0.4, -0.2) is 48.2 Å². The largest absolute Gasteiger partial charge is 0.350 e. The van der Waals surface area contributed by atoms with Gasteiger partial charge in [0, 0.05) is 28.7 Å². The molecule has 3 rings (SSSR count). The minimum Gasteiger partial charge on any atom is -0.350 e. The van der Waals surface area contributed by atoms with Gasteiger partial charge in [-0.1, -0.05) is 52.3 Å². The molecule has 1 N–H and O–H groups in total. The van der Waals surface area contributed by atoms with Gasteiger partial charge in [-0.05, 0) is 63.6 Å². The molecule has 0 bridgehead atoms. The lowest BCUT2D eigenvalue weighted by atomic mass is 10.1. The molecule has 3 aromatic carbocycles. The van der Waals surface area contributed by atoms with E-state index >= 15 is 0 Å². The second-order valence-corrected chi connectivity index (χ2v) is 12.9. The Bertz CT molecular complexity index is 1490. The van der Waals surface area contributed by atoms with E-state index in [1.54, 1.807) is 43.3 Å². The van der Waals surface area contributed by atoms with Gasteiger partial charge in [0.05, 0.1) is 15.5 Å². The molecule has 0 radical (unpaired) electrons. The predicted molar refractivity (Wildman–Crippen MR) is 156 cm³/mol. The molecule has 0 aliphatic heterocycles. The Hall–Kier alpha value is -3.77. The first-order chi connectivity index (χ1) is 18.7. The van der Waals surface area contributed by atoms with Crippen molar-refractivity contribution >= 4 is 49.1 Å². The van der Waals surface area contributed by atoms with Crippen LogP contribution in [0, 0.1) is 10.1 Å². The van der Waals surface area contributed by atoms with Crippen LogP contribution in [0.25, 0.3) is 0 Å². The fourth-order valence-corrected chi connectivity index (χ4v) is 5.77. The van der Waals surface area contributed by atoms with Crippen molar-refractivity contribution in [1.29, 1.82) is 0 Å². The molecule has 1 atom stereocenters. The predicted octanol–water partition coefficient (Wildman–Crippen LogP) is 4.88. The molecule has 0 spiro atoms. The average Bonchev–Trinajstić information content (AvgIpc) is 2.89. The number of nitro groups is 1. The zero-order chi connectivity index (χ0) is 29.7. The number of rotatable bonds is 10. The summed E-state index contributed by atoms with van der Waals surface area (Å²) in [4.78, 5) is 39.1. The van der Waals surface area contributed by atoms with Gasteiger partial charge in [0.15, 0.2) is 0 Å². The molecule has 12 heteroatoms. The summed E-state index contributed by atoms with van der Waals surface area (Å²) in [6.45, 7) is 6.34. The smallest absolute Gasteiger partial charge is 0.271 e. The fourth-order valence-electron chi connectivity index (χ4n) is 3.90.